The first kappa shape index (κ1) is 14.5. The maximum atomic E-state index is 12.0. The molecule has 1 heterocycles. The Morgan fingerprint density at radius 1 is 1.11 bits per heavy atom. The summed E-state index contributed by atoms with van der Waals surface area (Å²) in [7, 11) is 0. The van der Waals surface area contributed by atoms with Crippen molar-refractivity contribution in [3.8, 4) is 0 Å². The number of hydrogen-bond donors (Lipinski definition) is 2. The first-order valence-corrected chi connectivity index (χ1v) is 5.87. The number of aromatic nitrogens is 2. The number of nitrogens with one attached hydrogen (secondary N) is 2. The summed E-state index contributed by atoms with van der Waals surface area (Å²) in [6.07, 6.45) is -4.40. The van der Waals surface area contributed by atoms with Crippen LogP contribution in [-0.2, 0) is 6.42 Å². The van der Waals surface area contributed by atoms with E-state index in [2.05, 4.69) is 20.6 Å². The van der Waals surface area contributed by atoms with Crippen LogP contribution in [0.5, 0.6) is 0 Å². The Hall–Kier alpha value is -1.53. The minimum Gasteiger partial charge on any atom is -0.370 e. The molecule has 0 atom stereocenters. The summed E-state index contributed by atoms with van der Waals surface area (Å²) in [5.41, 5.74) is 0. The highest BCUT2D eigenvalue weighted by Crippen LogP contribution is 2.19. The van der Waals surface area contributed by atoms with Crippen molar-refractivity contribution in [2.75, 3.05) is 23.7 Å². The molecule has 1 aromatic rings. The molecule has 0 fully saturated rings. The highest BCUT2D eigenvalue weighted by molar-refractivity contribution is 5.47. The van der Waals surface area contributed by atoms with Crippen LogP contribution in [-0.4, -0.2) is 29.2 Å². The minimum atomic E-state index is -4.15. The van der Waals surface area contributed by atoms with Crippen molar-refractivity contribution in [1.82, 2.24) is 9.97 Å². The number of anilines is 2. The second-order valence-corrected chi connectivity index (χ2v) is 3.73. The lowest BCUT2D eigenvalue weighted by molar-refractivity contribution is -0.131. The Labute approximate surface area is 104 Å². The van der Waals surface area contributed by atoms with E-state index < -0.39 is 12.6 Å². The molecule has 0 saturated carbocycles. The monoisotopic (exact) mass is 262 g/mol. The van der Waals surface area contributed by atoms with Crippen molar-refractivity contribution in [3.05, 3.63) is 11.9 Å². The standard InChI is InChI=1S/C11H17F3N4/c1-3-8-17-9(15-4-2)7-10(18-8)16-6-5-11(12,13)14/h7H,3-6H2,1-2H3,(H2,15,16,17,18). The summed E-state index contributed by atoms with van der Waals surface area (Å²) in [5, 5.41) is 5.68. The van der Waals surface area contributed by atoms with Crippen LogP contribution in [0.25, 0.3) is 0 Å². The fourth-order valence-electron chi connectivity index (χ4n) is 1.35. The summed E-state index contributed by atoms with van der Waals surface area (Å²) in [5.74, 6) is 1.64. The average Bonchev–Trinajstić information content (AvgIpc) is 2.27. The fraction of sp³-hybridized carbons (Fsp3) is 0.636. The van der Waals surface area contributed by atoms with Gasteiger partial charge in [-0.15, -0.1) is 0 Å². The second kappa shape index (κ2) is 6.42. The highest BCUT2D eigenvalue weighted by Gasteiger charge is 2.26. The molecule has 0 aliphatic heterocycles. The zero-order chi connectivity index (χ0) is 13.6. The van der Waals surface area contributed by atoms with E-state index in [1.54, 1.807) is 6.07 Å². The van der Waals surface area contributed by atoms with Crippen LogP contribution in [0.3, 0.4) is 0 Å². The van der Waals surface area contributed by atoms with Gasteiger partial charge in [0, 0.05) is 25.6 Å². The van der Waals surface area contributed by atoms with Crippen molar-refractivity contribution >= 4 is 11.6 Å². The molecule has 0 spiro atoms. The quantitative estimate of drug-likeness (QED) is 0.827. The van der Waals surface area contributed by atoms with Gasteiger partial charge in [0.2, 0.25) is 0 Å². The topological polar surface area (TPSA) is 49.8 Å². The van der Waals surface area contributed by atoms with E-state index >= 15 is 0 Å². The van der Waals surface area contributed by atoms with Crippen molar-refractivity contribution < 1.29 is 13.2 Å². The van der Waals surface area contributed by atoms with Gasteiger partial charge >= 0.3 is 6.18 Å². The fourth-order valence-corrected chi connectivity index (χ4v) is 1.35. The van der Waals surface area contributed by atoms with E-state index in [9.17, 15) is 13.2 Å². The van der Waals surface area contributed by atoms with Gasteiger partial charge < -0.3 is 10.6 Å². The van der Waals surface area contributed by atoms with E-state index in [4.69, 9.17) is 0 Å². The van der Waals surface area contributed by atoms with E-state index in [1.807, 2.05) is 13.8 Å². The number of aryl methyl sites for hydroxylation is 1. The van der Waals surface area contributed by atoms with Crippen LogP contribution in [0.2, 0.25) is 0 Å². The van der Waals surface area contributed by atoms with Crippen molar-refractivity contribution in [1.29, 1.82) is 0 Å². The first-order valence-electron chi connectivity index (χ1n) is 5.87. The lowest BCUT2D eigenvalue weighted by atomic mass is 10.4. The molecule has 0 radical (unpaired) electrons. The lowest BCUT2D eigenvalue weighted by Gasteiger charge is -2.11. The Morgan fingerprint density at radius 2 is 1.72 bits per heavy atom. The summed E-state index contributed by atoms with van der Waals surface area (Å²) >= 11 is 0. The lowest BCUT2D eigenvalue weighted by Crippen LogP contribution is -2.16. The van der Waals surface area contributed by atoms with Gasteiger partial charge in [-0.3, -0.25) is 0 Å². The summed E-state index contributed by atoms with van der Waals surface area (Å²) in [4.78, 5) is 8.34. The summed E-state index contributed by atoms with van der Waals surface area (Å²) in [6.45, 7) is 4.33. The highest BCUT2D eigenvalue weighted by atomic mass is 19.4. The zero-order valence-corrected chi connectivity index (χ0v) is 10.4. The molecule has 0 unspecified atom stereocenters. The molecule has 7 heteroatoms. The van der Waals surface area contributed by atoms with E-state index in [0.29, 0.717) is 30.4 Å². The molecule has 18 heavy (non-hydrogen) atoms. The van der Waals surface area contributed by atoms with Crippen LogP contribution in [0, 0.1) is 0 Å². The molecule has 0 saturated heterocycles. The van der Waals surface area contributed by atoms with E-state index in [1.165, 1.54) is 0 Å². The van der Waals surface area contributed by atoms with Crippen molar-refractivity contribution in [2.45, 2.75) is 32.9 Å². The van der Waals surface area contributed by atoms with Gasteiger partial charge in [0.1, 0.15) is 17.5 Å². The molecule has 2 N–H and O–H groups in total. The molecule has 0 aromatic carbocycles. The summed E-state index contributed by atoms with van der Waals surface area (Å²) in [6, 6.07) is 1.61. The smallest absolute Gasteiger partial charge is 0.370 e. The molecule has 0 amide bonds. The van der Waals surface area contributed by atoms with Crippen LogP contribution in [0.1, 0.15) is 26.1 Å². The number of rotatable bonds is 6. The second-order valence-electron chi connectivity index (χ2n) is 3.73. The first-order chi connectivity index (χ1) is 8.44. The SMILES string of the molecule is CCNc1cc(NCCC(F)(F)F)nc(CC)n1. The number of hydrogen-bond acceptors (Lipinski definition) is 4. The Kier molecular flexibility index (Phi) is 5.18. The van der Waals surface area contributed by atoms with Crippen molar-refractivity contribution in [3.63, 3.8) is 0 Å². The molecule has 4 nitrogen and oxygen atoms in total. The van der Waals surface area contributed by atoms with Gasteiger partial charge in [0.05, 0.1) is 6.42 Å². The van der Waals surface area contributed by atoms with Crippen LogP contribution < -0.4 is 10.6 Å². The molecular formula is C11H17F3N4. The Bertz CT molecular complexity index is 379. The van der Waals surface area contributed by atoms with Gasteiger partial charge in [0.25, 0.3) is 0 Å². The maximum Gasteiger partial charge on any atom is 0.390 e. The Balaban J connectivity index is 2.66. The van der Waals surface area contributed by atoms with E-state index in [-0.39, 0.29) is 6.54 Å². The van der Waals surface area contributed by atoms with Crippen LogP contribution in [0.15, 0.2) is 6.07 Å². The molecule has 102 valence electrons. The van der Waals surface area contributed by atoms with E-state index in [0.717, 1.165) is 0 Å². The third-order valence-electron chi connectivity index (χ3n) is 2.16. The third-order valence-corrected chi connectivity index (χ3v) is 2.16. The normalized spacial score (nSPS) is 11.4. The third kappa shape index (κ3) is 5.20. The molecule has 1 rings (SSSR count). The zero-order valence-electron chi connectivity index (χ0n) is 10.4. The maximum absolute atomic E-state index is 12.0. The number of halogens is 3. The minimum absolute atomic E-state index is 0.185. The average molecular weight is 262 g/mol. The molecule has 0 bridgehead atoms. The van der Waals surface area contributed by atoms with Gasteiger partial charge in [-0.25, -0.2) is 9.97 Å². The van der Waals surface area contributed by atoms with Gasteiger partial charge in [-0.2, -0.15) is 13.2 Å². The Morgan fingerprint density at radius 3 is 2.22 bits per heavy atom. The number of nitrogens with zero attached hydrogens (tertiary/aromatic N) is 2. The number of alkyl halides is 3. The molecule has 0 aliphatic carbocycles. The molecular weight excluding hydrogens is 245 g/mol. The predicted octanol–water partition coefficient (Wildman–Crippen LogP) is 2.84. The predicted molar refractivity (Wildman–Crippen MR) is 64.7 cm³/mol. The summed E-state index contributed by atoms with van der Waals surface area (Å²) < 4.78 is 36.1. The van der Waals surface area contributed by atoms with Crippen LogP contribution in [0.4, 0.5) is 24.8 Å². The molecule has 1 aromatic heterocycles. The van der Waals surface area contributed by atoms with Crippen LogP contribution >= 0.6 is 0 Å². The largest absolute Gasteiger partial charge is 0.390 e. The van der Waals surface area contributed by atoms with Gasteiger partial charge in [0.15, 0.2) is 0 Å². The molecule has 0 aliphatic rings. The van der Waals surface area contributed by atoms with Gasteiger partial charge in [-0.1, -0.05) is 6.92 Å². The van der Waals surface area contributed by atoms with Gasteiger partial charge in [-0.05, 0) is 6.92 Å². The van der Waals surface area contributed by atoms with Crippen molar-refractivity contribution in [2.24, 2.45) is 0 Å².